The first kappa shape index (κ1) is 32.2. The normalized spacial score (nSPS) is 13.7. The van der Waals surface area contributed by atoms with Crippen LogP contribution in [0.3, 0.4) is 0 Å². The number of halogens is 1. The molecular formula is C31H44ClN3O4. The summed E-state index contributed by atoms with van der Waals surface area (Å²) in [4.78, 5) is 42.8. The summed E-state index contributed by atoms with van der Waals surface area (Å²) in [6, 6.07) is 9.39. The van der Waals surface area contributed by atoms with E-state index >= 15 is 0 Å². The highest BCUT2D eigenvalue weighted by Crippen LogP contribution is 2.33. The first-order valence-corrected chi connectivity index (χ1v) is 14.0. The monoisotopic (exact) mass is 557 g/mol. The van der Waals surface area contributed by atoms with Gasteiger partial charge in [0, 0.05) is 6.54 Å². The molecule has 3 atom stereocenters. The summed E-state index contributed by atoms with van der Waals surface area (Å²) in [5.74, 6) is -0.904. The molecule has 0 aliphatic carbocycles. The van der Waals surface area contributed by atoms with E-state index in [9.17, 15) is 14.4 Å². The lowest BCUT2D eigenvalue weighted by Gasteiger charge is -2.37. The molecule has 0 fully saturated rings. The number of para-hydroxylation sites is 1. The third kappa shape index (κ3) is 8.46. The molecule has 0 radical (unpaired) electrons. The van der Waals surface area contributed by atoms with Crippen LogP contribution in [0, 0.1) is 26.7 Å². The highest BCUT2D eigenvalue weighted by molar-refractivity contribution is 6.34. The molecule has 0 heterocycles. The van der Waals surface area contributed by atoms with Gasteiger partial charge in [0.15, 0.2) is 0 Å². The number of hydrogen-bond donors (Lipinski definition) is 2. The Kier molecular flexibility index (Phi) is 11.4. The second-order valence-electron chi connectivity index (χ2n) is 11.2. The van der Waals surface area contributed by atoms with Crippen molar-refractivity contribution in [1.82, 2.24) is 10.2 Å². The predicted octanol–water partition coefficient (Wildman–Crippen LogP) is 7.12. The van der Waals surface area contributed by atoms with E-state index in [-0.39, 0.29) is 17.7 Å². The Morgan fingerprint density at radius 2 is 1.54 bits per heavy atom. The van der Waals surface area contributed by atoms with Gasteiger partial charge in [0.2, 0.25) is 5.91 Å². The molecule has 3 unspecified atom stereocenters. The highest BCUT2D eigenvalue weighted by Gasteiger charge is 2.39. The molecule has 2 N–H and O–H groups in total. The van der Waals surface area contributed by atoms with Gasteiger partial charge in [0.25, 0.3) is 5.91 Å². The summed E-state index contributed by atoms with van der Waals surface area (Å²) in [5, 5.41) is 6.22. The predicted molar refractivity (Wildman–Crippen MR) is 158 cm³/mol. The van der Waals surface area contributed by atoms with Crippen molar-refractivity contribution in [2.75, 3.05) is 11.9 Å². The van der Waals surface area contributed by atoms with Crippen molar-refractivity contribution in [3.63, 3.8) is 0 Å². The van der Waals surface area contributed by atoms with Gasteiger partial charge in [-0.25, -0.2) is 4.79 Å². The minimum Gasteiger partial charge on any atom is -0.444 e. The molecule has 0 saturated carbocycles. The van der Waals surface area contributed by atoms with Crippen LogP contribution in [0.4, 0.5) is 10.5 Å². The van der Waals surface area contributed by atoms with Gasteiger partial charge in [-0.1, -0.05) is 69.1 Å². The number of nitrogens with one attached hydrogen (secondary N) is 2. The van der Waals surface area contributed by atoms with Crippen LogP contribution in [-0.2, 0) is 14.3 Å². The molecule has 7 nitrogen and oxygen atoms in total. The number of carbonyl (C=O) groups excluding carboxylic acids is 3. The molecular weight excluding hydrogens is 514 g/mol. The van der Waals surface area contributed by atoms with Crippen LogP contribution < -0.4 is 10.6 Å². The van der Waals surface area contributed by atoms with Crippen molar-refractivity contribution in [1.29, 1.82) is 0 Å². The number of hydrogen-bond acceptors (Lipinski definition) is 4. The Balaban J connectivity index is 2.64. The van der Waals surface area contributed by atoms with Crippen LogP contribution in [0.15, 0.2) is 36.4 Å². The molecule has 39 heavy (non-hydrogen) atoms. The SMILES string of the molecule is CCCN(C(=O)C(NC(=O)OC(C)(C)C)C(C)CC)C(C(=O)Nc1c(C)cccc1Cl)c1c(C)cccc1C. The molecule has 2 aromatic rings. The molecule has 0 aliphatic heterocycles. The lowest BCUT2D eigenvalue weighted by Crippen LogP contribution is -2.55. The van der Waals surface area contributed by atoms with Gasteiger partial charge in [-0.05, 0) is 82.2 Å². The average Bonchev–Trinajstić information content (AvgIpc) is 2.84. The van der Waals surface area contributed by atoms with Crippen LogP contribution in [0.5, 0.6) is 0 Å². The Hall–Kier alpha value is -3.06. The first-order chi connectivity index (χ1) is 18.2. The van der Waals surface area contributed by atoms with E-state index in [2.05, 4.69) is 10.6 Å². The number of aryl methyl sites for hydroxylation is 3. The Labute approximate surface area is 238 Å². The van der Waals surface area contributed by atoms with E-state index in [0.29, 0.717) is 30.1 Å². The molecule has 0 saturated heterocycles. The fourth-order valence-electron chi connectivity index (χ4n) is 4.57. The standard InChI is InChI=1S/C31H44ClN3O4/c1-10-18-35(29(37)26(19(3)11-2)34-30(38)39-31(7,8)9)27(24-20(4)14-12-15-21(24)5)28(36)33-25-22(6)16-13-17-23(25)32/h12-17,19,26-27H,10-11,18H2,1-9H3,(H,33,36)(H,34,38). The van der Waals surface area contributed by atoms with Gasteiger partial charge in [-0.3, -0.25) is 9.59 Å². The van der Waals surface area contributed by atoms with Gasteiger partial charge in [0.05, 0.1) is 10.7 Å². The third-order valence-corrected chi connectivity index (χ3v) is 7.06. The van der Waals surface area contributed by atoms with Gasteiger partial charge >= 0.3 is 6.09 Å². The minimum absolute atomic E-state index is 0.197. The molecule has 0 aliphatic rings. The topological polar surface area (TPSA) is 87.7 Å². The molecule has 0 aromatic heterocycles. The lowest BCUT2D eigenvalue weighted by atomic mass is 9.91. The van der Waals surface area contributed by atoms with Crippen molar-refractivity contribution < 1.29 is 19.1 Å². The zero-order valence-electron chi connectivity index (χ0n) is 24.8. The maximum Gasteiger partial charge on any atom is 0.408 e. The first-order valence-electron chi connectivity index (χ1n) is 13.6. The summed E-state index contributed by atoms with van der Waals surface area (Å²) in [7, 11) is 0. The average molecular weight is 558 g/mol. The number of ether oxygens (including phenoxy) is 1. The number of alkyl carbamates (subject to hydrolysis) is 1. The van der Waals surface area contributed by atoms with E-state index in [0.717, 1.165) is 22.3 Å². The maximum absolute atomic E-state index is 14.3. The molecule has 214 valence electrons. The van der Waals surface area contributed by atoms with Gasteiger partial charge in [-0.2, -0.15) is 0 Å². The number of nitrogens with zero attached hydrogens (tertiary/aromatic N) is 1. The Bertz CT molecular complexity index is 1130. The Morgan fingerprint density at radius 1 is 0.974 bits per heavy atom. The number of benzene rings is 2. The zero-order valence-corrected chi connectivity index (χ0v) is 25.5. The molecule has 8 heteroatoms. The lowest BCUT2D eigenvalue weighted by molar-refractivity contribution is -0.142. The minimum atomic E-state index is -0.943. The van der Waals surface area contributed by atoms with E-state index < -0.39 is 23.8 Å². The smallest absolute Gasteiger partial charge is 0.408 e. The van der Waals surface area contributed by atoms with Crippen molar-refractivity contribution in [3.05, 3.63) is 63.7 Å². The van der Waals surface area contributed by atoms with Crippen LogP contribution in [-0.4, -0.2) is 41.0 Å². The van der Waals surface area contributed by atoms with Gasteiger partial charge in [0.1, 0.15) is 17.7 Å². The van der Waals surface area contributed by atoms with E-state index in [1.807, 2.05) is 71.9 Å². The molecule has 0 spiro atoms. The van der Waals surface area contributed by atoms with E-state index in [1.54, 1.807) is 31.7 Å². The second-order valence-corrected chi connectivity index (χ2v) is 11.6. The largest absolute Gasteiger partial charge is 0.444 e. The van der Waals surface area contributed by atoms with Crippen LogP contribution in [0.25, 0.3) is 0 Å². The summed E-state index contributed by atoms with van der Waals surface area (Å²) in [6.07, 6.45) is 0.591. The Morgan fingerprint density at radius 3 is 2.05 bits per heavy atom. The third-order valence-electron chi connectivity index (χ3n) is 6.74. The van der Waals surface area contributed by atoms with Crippen molar-refractivity contribution in [2.45, 2.75) is 92.8 Å². The second kappa shape index (κ2) is 13.8. The number of anilines is 1. The maximum atomic E-state index is 14.3. The van der Waals surface area contributed by atoms with Gasteiger partial charge < -0.3 is 20.3 Å². The fraction of sp³-hybridized carbons (Fsp3) is 0.516. The van der Waals surface area contributed by atoms with Crippen molar-refractivity contribution >= 4 is 35.2 Å². The molecule has 2 rings (SSSR count). The van der Waals surface area contributed by atoms with Crippen LogP contribution in [0.1, 0.15) is 82.7 Å². The summed E-state index contributed by atoms with van der Waals surface area (Å²) < 4.78 is 5.47. The number of amides is 3. The molecule has 2 aromatic carbocycles. The van der Waals surface area contributed by atoms with Crippen molar-refractivity contribution in [3.8, 4) is 0 Å². The number of carbonyl (C=O) groups is 3. The van der Waals surface area contributed by atoms with E-state index in [1.165, 1.54) is 0 Å². The van der Waals surface area contributed by atoms with E-state index in [4.69, 9.17) is 16.3 Å². The highest BCUT2D eigenvalue weighted by atomic mass is 35.5. The van der Waals surface area contributed by atoms with Gasteiger partial charge in [-0.15, -0.1) is 0 Å². The van der Waals surface area contributed by atoms with Crippen LogP contribution >= 0.6 is 11.6 Å². The summed E-state index contributed by atoms with van der Waals surface area (Å²) >= 11 is 6.45. The quantitative estimate of drug-likeness (QED) is 0.325. The zero-order chi connectivity index (χ0) is 29.5. The number of rotatable bonds is 10. The summed E-state index contributed by atoms with van der Waals surface area (Å²) in [5.41, 5.74) is 3.13. The molecule has 0 bridgehead atoms. The molecule has 3 amide bonds. The fourth-order valence-corrected chi connectivity index (χ4v) is 4.84. The van der Waals surface area contributed by atoms with Crippen molar-refractivity contribution in [2.24, 2.45) is 5.92 Å². The van der Waals surface area contributed by atoms with Crippen LogP contribution in [0.2, 0.25) is 5.02 Å². The summed E-state index contributed by atoms with van der Waals surface area (Å²) in [6.45, 7) is 17.2.